The van der Waals surface area contributed by atoms with Crippen LogP contribution in [0.5, 0.6) is 0 Å². The Morgan fingerprint density at radius 3 is 2.80 bits per heavy atom. The summed E-state index contributed by atoms with van der Waals surface area (Å²) >= 11 is 3.81. The minimum absolute atomic E-state index is 0.0157. The number of aryl methyl sites for hydroxylation is 1. The fourth-order valence-electron chi connectivity index (χ4n) is 0.990. The molecule has 0 spiro atoms. The molecule has 0 bridgehead atoms. The first-order valence-electron chi connectivity index (χ1n) is 4.17. The molecule has 8 heteroatoms. The van der Waals surface area contributed by atoms with Gasteiger partial charge in [0.1, 0.15) is 5.69 Å². The molecule has 15 heavy (non-hydrogen) atoms. The number of nitrogen functional groups attached to an aromatic ring is 1. The van der Waals surface area contributed by atoms with Gasteiger partial charge in [0.25, 0.3) is 5.56 Å². The molecule has 0 unspecified atom stereocenters. The number of aromatic nitrogens is 3. The summed E-state index contributed by atoms with van der Waals surface area (Å²) < 4.78 is 0.770. The van der Waals surface area contributed by atoms with Gasteiger partial charge in [0.15, 0.2) is 0 Å². The van der Waals surface area contributed by atoms with Crippen molar-refractivity contribution in [1.82, 2.24) is 14.9 Å². The van der Waals surface area contributed by atoms with Crippen LogP contribution in [0.4, 0.5) is 0 Å². The summed E-state index contributed by atoms with van der Waals surface area (Å²) in [4.78, 5) is 21.6. The number of carboxylic acid groups (broad SMARTS) is 1. The molecule has 1 aromatic heterocycles. The molecule has 0 saturated carbocycles. The monoisotopic (exact) mass is 230 g/mol. The maximum Gasteiger partial charge on any atom is 0.303 e. The number of carbonyl (C=O) groups is 1. The van der Waals surface area contributed by atoms with E-state index in [0.717, 1.165) is 4.68 Å². The molecule has 1 aromatic rings. The van der Waals surface area contributed by atoms with Gasteiger partial charge in [0.05, 0.1) is 0 Å². The normalized spacial score (nSPS) is 10.2. The summed E-state index contributed by atoms with van der Waals surface area (Å²) in [6, 6.07) is 0. The molecular weight excluding hydrogens is 220 g/mol. The van der Waals surface area contributed by atoms with E-state index >= 15 is 0 Å². The van der Waals surface area contributed by atoms with Crippen LogP contribution in [0.1, 0.15) is 18.5 Å². The molecule has 1 rings (SSSR count). The predicted octanol–water partition coefficient (Wildman–Crippen LogP) is -0.952. The van der Waals surface area contributed by atoms with Gasteiger partial charge in [0.2, 0.25) is 5.16 Å². The van der Waals surface area contributed by atoms with E-state index in [2.05, 4.69) is 22.8 Å². The Balaban J connectivity index is 2.75. The van der Waals surface area contributed by atoms with Crippen LogP contribution in [0.15, 0.2) is 9.95 Å². The Bertz CT molecular complexity index is 431. The molecule has 0 saturated heterocycles. The first-order chi connectivity index (χ1) is 7.02. The van der Waals surface area contributed by atoms with Crippen molar-refractivity contribution in [3.8, 4) is 0 Å². The second-order valence-electron chi connectivity index (χ2n) is 2.87. The van der Waals surface area contributed by atoms with Crippen LogP contribution in [0.2, 0.25) is 0 Å². The van der Waals surface area contributed by atoms with Gasteiger partial charge in [-0.05, 0) is 12.8 Å². The summed E-state index contributed by atoms with van der Waals surface area (Å²) in [7, 11) is 0. The molecule has 7 nitrogen and oxygen atoms in total. The molecule has 0 radical (unpaired) electrons. The van der Waals surface area contributed by atoms with E-state index in [1.807, 2.05) is 0 Å². The molecule has 0 aromatic carbocycles. The average Bonchev–Trinajstić information content (AvgIpc) is 2.18. The van der Waals surface area contributed by atoms with Gasteiger partial charge in [-0.1, -0.05) is 0 Å². The predicted molar refractivity (Wildman–Crippen MR) is 54.3 cm³/mol. The summed E-state index contributed by atoms with van der Waals surface area (Å²) in [6.07, 6.45) is 0.545. The van der Waals surface area contributed by atoms with Crippen molar-refractivity contribution < 1.29 is 9.90 Å². The minimum Gasteiger partial charge on any atom is -0.481 e. The molecule has 1 heterocycles. The summed E-state index contributed by atoms with van der Waals surface area (Å²) in [6.45, 7) is 0. The highest BCUT2D eigenvalue weighted by atomic mass is 32.1. The van der Waals surface area contributed by atoms with Gasteiger partial charge in [-0.15, -0.1) is 22.8 Å². The Hall–Kier alpha value is -1.57. The number of aliphatic carboxylic acids is 1. The molecule has 0 aliphatic carbocycles. The van der Waals surface area contributed by atoms with Crippen molar-refractivity contribution in [3.63, 3.8) is 0 Å². The molecule has 3 N–H and O–H groups in total. The molecule has 82 valence electrons. The van der Waals surface area contributed by atoms with Gasteiger partial charge in [0, 0.05) is 6.42 Å². The highest BCUT2D eigenvalue weighted by Crippen LogP contribution is 1.98. The number of nitrogens with zero attached hydrogens (tertiary/aromatic N) is 3. The van der Waals surface area contributed by atoms with Crippen molar-refractivity contribution in [3.05, 3.63) is 16.0 Å². The molecule has 0 atom stereocenters. The number of rotatable bonds is 4. The number of hydrogen-bond donors (Lipinski definition) is 3. The van der Waals surface area contributed by atoms with Gasteiger partial charge >= 0.3 is 5.97 Å². The fourth-order valence-corrected chi connectivity index (χ4v) is 1.13. The number of carboxylic acids is 1. The molecule has 0 aliphatic heterocycles. The SMILES string of the molecule is Nn1c(S)nnc(CCCC(=O)O)c1=O. The summed E-state index contributed by atoms with van der Waals surface area (Å²) in [5.74, 6) is 4.41. The lowest BCUT2D eigenvalue weighted by Crippen LogP contribution is -2.33. The largest absolute Gasteiger partial charge is 0.481 e. The lowest BCUT2D eigenvalue weighted by atomic mass is 10.2. The van der Waals surface area contributed by atoms with E-state index in [1.54, 1.807) is 0 Å². The van der Waals surface area contributed by atoms with E-state index in [9.17, 15) is 9.59 Å². The van der Waals surface area contributed by atoms with Crippen LogP contribution in [-0.2, 0) is 11.2 Å². The second-order valence-corrected chi connectivity index (χ2v) is 3.27. The maximum atomic E-state index is 11.4. The van der Waals surface area contributed by atoms with Gasteiger partial charge in [-0.2, -0.15) is 4.68 Å². The standard InChI is InChI=1S/C7H10N4O3S/c8-11-6(14)4(9-10-7(11)15)2-1-3-5(12)13/h1-3,8H2,(H,10,15)(H,12,13). The second kappa shape index (κ2) is 4.78. The van der Waals surface area contributed by atoms with E-state index in [1.165, 1.54) is 0 Å². The minimum atomic E-state index is -0.915. The van der Waals surface area contributed by atoms with E-state index in [4.69, 9.17) is 10.9 Å². The highest BCUT2D eigenvalue weighted by molar-refractivity contribution is 7.80. The molecular formula is C7H10N4O3S. The van der Waals surface area contributed by atoms with Crippen LogP contribution < -0.4 is 11.4 Å². The zero-order chi connectivity index (χ0) is 11.4. The van der Waals surface area contributed by atoms with Crippen LogP contribution in [0, 0.1) is 0 Å². The quantitative estimate of drug-likeness (QED) is 0.454. The summed E-state index contributed by atoms with van der Waals surface area (Å²) in [5, 5.41) is 15.6. The van der Waals surface area contributed by atoms with Crippen LogP contribution in [0.3, 0.4) is 0 Å². The number of thiol groups is 1. The van der Waals surface area contributed by atoms with Crippen molar-refractivity contribution in [1.29, 1.82) is 0 Å². The topological polar surface area (TPSA) is 111 Å². The van der Waals surface area contributed by atoms with Crippen LogP contribution in [0.25, 0.3) is 0 Å². The molecule has 0 aliphatic rings. The number of hydrogen-bond acceptors (Lipinski definition) is 6. The van der Waals surface area contributed by atoms with E-state index in [-0.39, 0.29) is 23.7 Å². The maximum absolute atomic E-state index is 11.4. The zero-order valence-electron chi connectivity index (χ0n) is 7.75. The summed E-state index contributed by atoms with van der Waals surface area (Å²) in [5.41, 5.74) is -0.350. The fraction of sp³-hybridized carbons (Fsp3) is 0.429. The van der Waals surface area contributed by atoms with Gasteiger partial charge in [-0.25, -0.2) is 0 Å². The van der Waals surface area contributed by atoms with Gasteiger partial charge in [-0.3, -0.25) is 9.59 Å². The van der Waals surface area contributed by atoms with Crippen molar-refractivity contribution in [2.24, 2.45) is 0 Å². The Morgan fingerprint density at radius 1 is 1.53 bits per heavy atom. The molecule has 0 amide bonds. The smallest absolute Gasteiger partial charge is 0.303 e. The van der Waals surface area contributed by atoms with E-state index in [0.29, 0.717) is 6.42 Å². The molecule has 0 fully saturated rings. The van der Waals surface area contributed by atoms with E-state index < -0.39 is 11.5 Å². The first kappa shape index (κ1) is 11.5. The zero-order valence-corrected chi connectivity index (χ0v) is 8.65. The Labute approximate surface area is 90.3 Å². The van der Waals surface area contributed by atoms with Crippen molar-refractivity contribution in [2.45, 2.75) is 24.4 Å². The van der Waals surface area contributed by atoms with Crippen LogP contribution in [-0.4, -0.2) is 25.9 Å². The first-order valence-corrected chi connectivity index (χ1v) is 4.61. The third-order valence-electron chi connectivity index (χ3n) is 1.75. The van der Waals surface area contributed by atoms with Crippen molar-refractivity contribution >= 4 is 18.6 Å². The number of nitrogens with two attached hydrogens (primary N) is 1. The van der Waals surface area contributed by atoms with Crippen LogP contribution >= 0.6 is 12.6 Å². The Kier molecular flexibility index (Phi) is 3.67. The Morgan fingerprint density at radius 2 is 2.20 bits per heavy atom. The van der Waals surface area contributed by atoms with Gasteiger partial charge < -0.3 is 10.9 Å². The average molecular weight is 230 g/mol. The lowest BCUT2D eigenvalue weighted by Gasteiger charge is -2.02. The lowest BCUT2D eigenvalue weighted by molar-refractivity contribution is -0.137. The third kappa shape index (κ3) is 2.94. The highest BCUT2D eigenvalue weighted by Gasteiger charge is 2.08. The third-order valence-corrected chi connectivity index (χ3v) is 2.05. The van der Waals surface area contributed by atoms with Crippen molar-refractivity contribution in [2.75, 3.05) is 5.84 Å².